The molecule has 0 aliphatic carbocycles. The largest absolute Gasteiger partial charge is 0.463 e. The number of amides is 1. The van der Waals surface area contributed by atoms with Crippen LogP contribution < -0.4 is 10.6 Å². The molecule has 8 nitrogen and oxygen atoms in total. The van der Waals surface area contributed by atoms with Gasteiger partial charge in [0.2, 0.25) is 5.95 Å². The maximum absolute atomic E-state index is 12.7. The molecule has 0 unspecified atom stereocenters. The monoisotopic (exact) mass is 388 g/mol. The number of carbonyl (C=O) groups is 1. The number of rotatable bonds is 6. The first-order valence-electron chi connectivity index (χ1n) is 9.19. The minimum Gasteiger partial charge on any atom is -0.463 e. The van der Waals surface area contributed by atoms with Gasteiger partial charge in [0.1, 0.15) is 11.5 Å². The highest BCUT2D eigenvalue weighted by molar-refractivity contribution is 6.04. The van der Waals surface area contributed by atoms with Gasteiger partial charge in [0.05, 0.1) is 6.26 Å². The second-order valence-electron chi connectivity index (χ2n) is 6.66. The predicted octanol–water partition coefficient (Wildman–Crippen LogP) is 4.51. The SMILES string of the molecule is CC(C)n1nc(-c2ccco2)cc1NC(=O)c1ccc(Nc2ncccn2)cc1. The maximum atomic E-state index is 12.7. The first kappa shape index (κ1) is 18.4. The molecule has 0 aliphatic heterocycles. The van der Waals surface area contributed by atoms with E-state index >= 15 is 0 Å². The van der Waals surface area contributed by atoms with Crippen LogP contribution in [0.3, 0.4) is 0 Å². The minimum atomic E-state index is -0.222. The molecule has 4 rings (SSSR count). The number of benzene rings is 1. The van der Waals surface area contributed by atoms with Crippen LogP contribution in [0.4, 0.5) is 17.5 Å². The first-order valence-corrected chi connectivity index (χ1v) is 9.19. The summed E-state index contributed by atoms with van der Waals surface area (Å²) in [6.07, 6.45) is 4.91. The summed E-state index contributed by atoms with van der Waals surface area (Å²) in [5.41, 5.74) is 1.99. The summed E-state index contributed by atoms with van der Waals surface area (Å²) in [6, 6.07) is 14.4. The van der Waals surface area contributed by atoms with Gasteiger partial charge in [-0.1, -0.05) is 0 Å². The molecular formula is C21H20N6O2. The minimum absolute atomic E-state index is 0.0754. The van der Waals surface area contributed by atoms with Crippen LogP contribution in [0.1, 0.15) is 30.2 Å². The van der Waals surface area contributed by atoms with E-state index in [1.165, 1.54) is 0 Å². The van der Waals surface area contributed by atoms with Crippen molar-refractivity contribution in [3.8, 4) is 11.5 Å². The molecule has 3 heterocycles. The van der Waals surface area contributed by atoms with E-state index < -0.39 is 0 Å². The molecule has 0 saturated heterocycles. The normalized spacial score (nSPS) is 10.9. The summed E-state index contributed by atoms with van der Waals surface area (Å²) in [4.78, 5) is 21.0. The molecule has 0 radical (unpaired) electrons. The molecule has 1 aromatic carbocycles. The molecule has 4 aromatic rings. The summed E-state index contributed by atoms with van der Waals surface area (Å²) in [6.45, 7) is 4.00. The van der Waals surface area contributed by atoms with E-state index in [1.807, 2.05) is 19.9 Å². The molecule has 0 bridgehead atoms. The summed E-state index contributed by atoms with van der Waals surface area (Å²) < 4.78 is 7.18. The van der Waals surface area contributed by atoms with Crippen molar-refractivity contribution in [2.45, 2.75) is 19.9 Å². The second kappa shape index (κ2) is 7.97. The summed E-state index contributed by atoms with van der Waals surface area (Å²) >= 11 is 0. The molecule has 3 aromatic heterocycles. The van der Waals surface area contributed by atoms with Gasteiger partial charge in [0.15, 0.2) is 5.76 Å². The zero-order valence-electron chi connectivity index (χ0n) is 16.0. The quantitative estimate of drug-likeness (QED) is 0.504. The number of furan rings is 1. The van der Waals surface area contributed by atoms with E-state index in [9.17, 15) is 4.79 Å². The Morgan fingerprint density at radius 2 is 1.83 bits per heavy atom. The molecule has 0 spiro atoms. The van der Waals surface area contributed by atoms with Crippen LogP contribution in [0.25, 0.3) is 11.5 Å². The van der Waals surface area contributed by atoms with E-state index in [-0.39, 0.29) is 11.9 Å². The third kappa shape index (κ3) is 4.16. The van der Waals surface area contributed by atoms with Crippen LogP contribution in [-0.4, -0.2) is 25.7 Å². The Morgan fingerprint density at radius 1 is 1.07 bits per heavy atom. The number of hydrogen-bond acceptors (Lipinski definition) is 6. The first-order chi connectivity index (χ1) is 14.1. The standard InChI is InChI=1S/C21H20N6O2/c1-14(2)27-19(13-17(26-27)18-5-3-12-29-18)25-20(28)15-6-8-16(9-7-15)24-21-22-10-4-11-23-21/h3-14H,1-2H3,(H,25,28)(H,22,23,24). The van der Waals surface area contributed by atoms with Crippen LogP contribution in [0.15, 0.2) is 71.6 Å². The number of hydrogen-bond donors (Lipinski definition) is 2. The molecule has 1 amide bonds. The van der Waals surface area contributed by atoms with Crippen LogP contribution in [-0.2, 0) is 0 Å². The second-order valence-corrected chi connectivity index (χ2v) is 6.66. The van der Waals surface area contributed by atoms with E-state index in [4.69, 9.17) is 4.42 Å². The van der Waals surface area contributed by atoms with E-state index in [1.54, 1.807) is 65.8 Å². The zero-order chi connectivity index (χ0) is 20.2. The number of nitrogens with zero attached hydrogens (tertiary/aromatic N) is 4. The lowest BCUT2D eigenvalue weighted by molar-refractivity contribution is 0.102. The highest BCUT2D eigenvalue weighted by Crippen LogP contribution is 2.25. The number of nitrogens with one attached hydrogen (secondary N) is 2. The summed E-state index contributed by atoms with van der Waals surface area (Å²) in [7, 11) is 0. The molecular weight excluding hydrogens is 368 g/mol. The molecule has 0 aliphatic rings. The smallest absolute Gasteiger partial charge is 0.256 e. The van der Waals surface area contributed by atoms with Crippen molar-refractivity contribution in [2.24, 2.45) is 0 Å². The number of carbonyl (C=O) groups excluding carboxylic acids is 1. The molecule has 2 N–H and O–H groups in total. The summed E-state index contributed by atoms with van der Waals surface area (Å²) in [5, 5.41) is 10.6. The van der Waals surface area contributed by atoms with Gasteiger partial charge in [-0.25, -0.2) is 14.6 Å². The maximum Gasteiger partial charge on any atom is 0.256 e. The third-order valence-electron chi connectivity index (χ3n) is 4.21. The Balaban J connectivity index is 1.50. The van der Waals surface area contributed by atoms with E-state index in [0.29, 0.717) is 28.8 Å². The molecule has 8 heteroatoms. The van der Waals surface area contributed by atoms with Gasteiger partial charge in [-0.15, -0.1) is 0 Å². The Bertz CT molecular complexity index is 1090. The zero-order valence-corrected chi connectivity index (χ0v) is 16.0. The Morgan fingerprint density at radius 3 is 2.48 bits per heavy atom. The van der Waals surface area contributed by atoms with Crippen LogP contribution in [0.2, 0.25) is 0 Å². The van der Waals surface area contributed by atoms with Gasteiger partial charge < -0.3 is 15.1 Å². The van der Waals surface area contributed by atoms with Crippen molar-refractivity contribution >= 4 is 23.4 Å². The van der Waals surface area contributed by atoms with Gasteiger partial charge in [-0.3, -0.25) is 4.79 Å². The molecule has 0 fully saturated rings. The van der Waals surface area contributed by atoms with Crippen LogP contribution in [0, 0.1) is 0 Å². The highest BCUT2D eigenvalue weighted by Gasteiger charge is 2.16. The van der Waals surface area contributed by atoms with Gasteiger partial charge in [-0.05, 0) is 56.3 Å². The molecule has 29 heavy (non-hydrogen) atoms. The number of anilines is 3. The fraction of sp³-hybridized carbons (Fsp3) is 0.143. The van der Waals surface area contributed by atoms with Crippen molar-refractivity contribution < 1.29 is 9.21 Å². The fourth-order valence-corrected chi connectivity index (χ4v) is 2.81. The summed E-state index contributed by atoms with van der Waals surface area (Å²) in [5.74, 6) is 1.53. The van der Waals surface area contributed by atoms with Crippen LogP contribution >= 0.6 is 0 Å². The van der Waals surface area contributed by atoms with Gasteiger partial charge in [0.25, 0.3) is 5.91 Å². The lowest BCUT2D eigenvalue weighted by Crippen LogP contribution is -2.16. The van der Waals surface area contributed by atoms with Crippen molar-refractivity contribution in [3.63, 3.8) is 0 Å². The van der Waals surface area contributed by atoms with Gasteiger partial charge in [0, 0.05) is 35.8 Å². The van der Waals surface area contributed by atoms with Crippen molar-refractivity contribution in [1.82, 2.24) is 19.7 Å². The Hall–Kier alpha value is -3.94. The third-order valence-corrected chi connectivity index (χ3v) is 4.21. The van der Waals surface area contributed by atoms with Gasteiger partial charge >= 0.3 is 0 Å². The molecule has 146 valence electrons. The molecule has 0 saturated carbocycles. The van der Waals surface area contributed by atoms with E-state index in [0.717, 1.165) is 5.69 Å². The predicted molar refractivity (Wildman–Crippen MR) is 110 cm³/mol. The van der Waals surface area contributed by atoms with E-state index in [2.05, 4.69) is 25.7 Å². The van der Waals surface area contributed by atoms with Crippen molar-refractivity contribution in [1.29, 1.82) is 0 Å². The van der Waals surface area contributed by atoms with Gasteiger partial charge in [-0.2, -0.15) is 5.10 Å². The molecule has 0 atom stereocenters. The topological polar surface area (TPSA) is 97.9 Å². The average molecular weight is 388 g/mol. The number of aromatic nitrogens is 4. The Kier molecular flexibility index (Phi) is 5.07. The van der Waals surface area contributed by atoms with Crippen molar-refractivity contribution in [3.05, 3.63) is 72.8 Å². The lowest BCUT2D eigenvalue weighted by atomic mass is 10.2. The van der Waals surface area contributed by atoms with Crippen molar-refractivity contribution in [2.75, 3.05) is 10.6 Å². The fourth-order valence-electron chi connectivity index (χ4n) is 2.81. The lowest BCUT2D eigenvalue weighted by Gasteiger charge is -2.12. The average Bonchev–Trinajstić information content (AvgIpc) is 3.39. The highest BCUT2D eigenvalue weighted by atomic mass is 16.3. The van der Waals surface area contributed by atoms with Crippen LogP contribution in [0.5, 0.6) is 0 Å². The Labute approximate surface area is 167 Å².